The van der Waals surface area contributed by atoms with E-state index in [-0.39, 0.29) is 5.63 Å². The molecule has 0 fully saturated rings. The molecule has 3 nitrogen and oxygen atoms in total. The van der Waals surface area contributed by atoms with Gasteiger partial charge in [-0.15, -0.1) is 0 Å². The summed E-state index contributed by atoms with van der Waals surface area (Å²) in [6, 6.07) is 7.52. The SMILES string of the molecule is CC(C)=CCC/C(C)=C\CC[C@]1(C)C=Cc2c(c3ccccc3oc2=O)O1. The van der Waals surface area contributed by atoms with Gasteiger partial charge in [0.25, 0.3) is 0 Å². The molecule has 0 spiro atoms. The first-order chi connectivity index (χ1) is 12.9. The van der Waals surface area contributed by atoms with Crippen LogP contribution in [0.15, 0.2) is 62.9 Å². The smallest absolute Gasteiger partial charge is 0.347 e. The topological polar surface area (TPSA) is 39.4 Å². The normalized spacial score (nSPS) is 18.9. The molecule has 0 unspecified atom stereocenters. The lowest BCUT2D eigenvalue weighted by Crippen LogP contribution is -2.33. The molecular formula is C24H28O3. The van der Waals surface area contributed by atoms with Crippen LogP contribution in [-0.4, -0.2) is 5.60 Å². The maximum Gasteiger partial charge on any atom is 0.347 e. The van der Waals surface area contributed by atoms with Crippen LogP contribution in [0.4, 0.5) is 0 Å². The summed E-state index contributed by atoms with van der Waals surface area (Å²) in [5, 5.41) is 0.844. The summed E-state index contributed by atoms with van der Waals surface area (Å²) in [5.41, 5.74) is 3.06. The highest BCUT2D eigenvalue weighted by atomic mass is 16.5. The van der Waals surface area contributed by atoms with Crippen molar-refractivity contribution in [3.8, 4) is 5.75 Å². The minimum absolute atomic E-state index is 0.350. The van der Waals surface area contributed by atoms with Gasteiger partial charge in [0.1, 0.15) is 22.5 Å². The van der Waals surface area contributed by atoms with Crippen LogP contribution in [-0.2, 0) is 0 Å². The molecule has 0 saturated heterocycles. The van der Waals surface area contributed by atoms with E-state index in [1.807, 2.05) is 30.4 Å². The standard InChI is InChI=1S/C24H28O3/c1-17(2)9-7-10-18(3)11-8-15-24(4)16-14-20-22(27-24)19-12-5-6-13-21(19)26-23(20)25/h5-6,9,11-14,16H,7-8,10,15H2,1-4H3/b18-11-/t24-/m1/s1. The maximum atomic E-state index is 12.2. The van der Waals surface area contributed by atoms with E-state index in [9.17, 15) is 4.79 Å². The van der Waals surface area contributed by atoms with Crippen molar-refractivity contribution in [3.05, 3.63) is 69.6 Å². The zero-order valence-electron chi connectivity index (χ0n) is 16.7. The molecular weight excluding hydrogens is 336 g/mol. The second-order valence-corrected chi connectivity index (χ2v) is 7.79. The summed E-state index contributed by atoms with van der Waals surface area (Å²) in [6.45, 7) is 8.53. The van der Waals surface area contributed by atoms with Gasteiger partial charge in [-0.2, -0.15) is 0 Å². The van der Waals surface area contributed by atoms with Gasteiger partial charge in [-0.1, -0.05) is 35.4 Å². The number of rotatable bonds is 6. The van der Waals surface area contributed by atoms with Crippen molar-refractivity contribution in [1.82, 2.24) is 0 Å². The van der Waals surface area contributed by atoms with Crippen LogP contribution in [0.2, 0.25) is 0 Å². The van der Waals surface area contributed by atoms with Gasteiger partial charge in [-0.3, -0.25) is 0 Å². The Kier molecular flexibility index (Phi) is 5.69. The van der Waals surface area contributed by atoms with Crippen molar-refractivity contribution in [2.75, 3.05) is 0 Å². The molecule has 1 aromatic carbocycles. The maximum absolute atomic E-state index is 12.2. The molecule has 0 amide bonds. The molecule has 3 rings (SSSR count). The van der Waals surface area contributed by atoms with Crippen LogP contribution < -0.4 is 10.4 Å². The summed E-state index contributed by atoms with van der Waals surface area (Å²) in [5.74, 6) is 0.635. The van der Waals surface area contributed by atoms with Crippen molar-refractivity contribution in [3.63, 3.8) is 0 Å². The molecule has 2 aromatic rings. The summed E-state index contributed by atoms with van der Waals surface area (Å²) in [6.07, 6.45) is 12.4. The van der Waals surface area contributed by atoms with Crippen LogP contribution in [0.1, 0.15) is 58.9 Å². The molecule has 0 saturated carbocycles. The highest BCUT2D eigenvalue weighted by molar-refractivity contribution is 5.87. The number of hydrogen-bond donors (Lipinski definition) is 0. The summed E-state index contributed by atoms with van der Waals surface area (Å²) >= 11 is 0. The summed E-state index contributed by atoms with van der Waals surface area (Å²) in [4.78, 5) is 12.2. The molecule has 1 aliphatic rings. The molecule has 0 aliphatic carbocycles. The minimum atomic E-state index is -0.430. The molecule has 27 heavy (non-hydrogen) atoms. The van der Waals surface area contributed by atoms with Crippen molar-refractivity contribution in [1.29, 1.82) is 0 Å². The molecule has 2 heterocycles. The van der Waals surface area contributed by atoms with E-state index < -0.39 is 5.60 Å². The predicted octanol–water partition coefficient (Wildman–Crippen LogP) is 6.43. The van der Waals surface area contributed by atoms with E-state index in [0.717, 1.165) is 31.1 Å². The van der Waals surface area contributed by atoms with E-state index in [4.69, 9.17) is 9.15 Å². The first-order valence-corrected chi connectivity index (χ1v) is 9.61. The van der Waals surface area contributed by atoms with Crippen LogP contribution in [0, 0.1) is 0 Å². The second-order valence-electron chi connectivity index (χ2n) is 7.79. The fourth-order valence-electron chi connectivity index (χ4n) is 3.35. The third kappa shape index (κ3) is 4.60. The van der Waals surface area contributed by atoms with E-state index in [2.05, 4.69) is 39.8 Å². The molecule has 1 atom stereocenters. The number of benzene rings is 1. The van der Waals surface area contributed by atoms with E-state index in [0.29, 0.717) is 16.9 Å². The van der Waals surface area contributed by atoms with Crippen molar-refractivity contribution < 1.29 is 9.15 Å². The predicted molar refractivity (Wildman–Crippen MR) is 112 cm³/mol. The van der Waals surface area contributed by atoms with E-state index in [1.54, 1.807) is 6.07 Å². The van der Waals surface area contributed by atoms with Crippen LogP contribution >= 0.6 is 0 Å². The zero-order valence-corrected chi connectivity index (χ0v) is 16.7. The average Bonchev–Trinajstić information content (AvgIpc) is 2.61. The quantitative estimate of drug-likeness (QED) is 0.438. The first kappa shape index (κ1) is 19.2. The Labute approximate surface area is 161 Å². The highest BCUT2D eigenvalue weighted by Gasteiger charge is 2.29. The Morgan fingerprint density at radius 1 is 1.11 bits per heavy atom. The molecule has 1 aromatic heterocycles. The van der Waals surface area contributed by atoms with Gasteiger partial charge < -0.3 is 9.15 Å². The van der Waals surface area contributed by atoms with Gasteiger partial charge >= 0.3 is 5.63 Å². The highest BCUT2D eigenvalue weighted by Crippen LogP contribution is 2.37. The largest absolute Gasteiger partial charge is 0.482 e. The van der Waals surface area contributed by atoms with Crippen molar-refractivity contribution >= 4 is 17.0 Å². The number of hydrogen-bond acceptors (Lipinski definition) is 3. The Morgan fingerprint density at radius 3 is 2.67 bits per heavy atom. The average molecular weight is 364 g/mol. The Morgan fingerprint density at radius 2 is 1.89 bits per heavy atom. The fraction of sp³-hybridized carbons (Fsp3) is 0.375. The summed E-state index contributed by atoms with van der Waals surface area (Å²) < 4.78 is 11.7. The van der Waals surface area contributed by atoms with Crippen molar-refractivity contribution in [2.24, 2.45) is 0 Å². The number of allylic oxidation sites excluding steroid dienone is 4. The minimum Gasteiger partial charge on any atom is -0.482 e. The molecule has 1 aliphatic heterocycles. The number of fused-ring (bicyclic) bond motifs is 3. The van der Waals surface area contributed by atoms with E-state index in [1.165, 1.54) is 11.1 Å². The zero-order chi connectivity index (χ0) is 19.4. The van der Waals surface area contributed by atoms with Gasteiger partial charge in [0.05, 0.1) is 5.39 Å². The van der Waals surface area contributed by atoms with Crippen LogP contribution in [0.25, 0.3) is 17.0 Å². The lowest BCUT2D eigenvalue weighted by atomic mass is 9.94. The van der Waals surface area contributed by atoms with Crippen LogP contribution in [0.5, 0.6) is 5.75 Å². The molecule has 0 radical (unpaired) electrons. The Bertz CT molecular complexity index is 971. The van der Waals surface area contributed by atoms with Gasteiger partial charge in [-0.05, 0) is 77.7 Å². The third-order valence-electron chi connectivity index (χ3n) is 4.96. The first-order valence-electron chi connectivity index (χ1n) is 9.61. The molecule has 0 N–H and O–H groups in total. The Balaban J connectivity index is 1.73. The van der Waals surface area contributed by atoms with Gasteiger partial charge in [0.15, 0.2) is 0 Å². The monoisotopic (exact) mass is 364 g/mol. The molecule has 3 heteroatoms. The summed E-state index contributed by atoms with van der Waals surface area (Å²) in [7, 11) is 0. The third-order valence-corrected chi connectivity index (χ3v) is 4.96. The number of para-hydroxylation sites is 1. The van der Waals surface area contributed by atoms with Gasteiger partial charge in [-0.25, -0.2) is 4.79 Å². The van der Waals surface area contributed by atoms with E-state index >= 15 is 0 Å². The molecule has 142 valence electrons. The lowest BCUT2D eigenvalue weighted by molar-refractivity contribution is 0.130. The van der Waals surface area contributed by atoms with Gasteiger partial charge in [0.2, 0.25) is 0 Å². The number of ether oxygens (including phenoxy) is 1. The Hall–Kier alpha value is -2.55. The fourth-order valence-corrected chi connectivity index (χ4v) is 3.35. The second kappa shape index (κ2) is 7.99. The van der Waals surface area contributed by atoms with Crippen LogP contribution in [0.3, 0.4) is 0 Å². The van der Waals surface area contributed by atoms with Crippen molar-refractivity contribution in [2.45, 2.75) is 59.0 Å². The lowest BCUT2D eigenvalue weighted by Gasteiger charge is -2.31. The van der Waals surface area contributed by atoms with Gasteiger partial charge in [0, 0.05) is 0 Å². The molecule has 0 bridgehead atoms.